The number of hydrogen-bond acceptors (Lipinski definition) is 4. The van der Waals surface area contributed by atoms with Gasteiger partial charge in [-0.1, -0.05) is 0 Å². The van der Waals surface area contributed by atoms with Gasteiger partial charge in [0.1, 0.15) is 0 Å². The van der Waals surface area contributed by atoms with E-state index < -0.39 is 0 Å². The van der Waals surface area contributed by atoms with Crippen LogP contribution in [0.15, 0.2) is 6.20 Å². The SMILES string of the molecule is CCOCC(NN)c1cnn(C)c1C. The highest BCUT2D eigenvalue weighted by Gasteiger charge is 2.14. The fraction of sp³-hybridized carbons (Fsp3) is 0.667. The lowest BCUT2D eigenvalue weighted by Crippen LogP contribution is -2.31. The molecule has 0 aromatic carbocycles. The molecule has 80 valence electrons. The average Bonchev–Trinajstić information content (AvgIpc) is 2.51. The van der Waals surface area contributed by atoms with Gasteiger partial charge in [-0.2, -0.15) is 5.10 Å². The number of nitrogens with one attached hydrogen (secondary N) is 1. The van der Waals surface area contributed by atoms with E-state index in [4.69, 9.17) is 10.6 Å². The topological polar surface area (TPSA) is 65.1 Å². The highest BCUT2D eigenvalue weighted by Crippen LogP contribution is 2.15. The molecule has 1 aromatic rings. The van der Waals surface area contributed by atoms with E-state index >= 15 is 0 Å². The molecule has 1 aromatic heterocycles. The predicted molar refractivity (Wildman–Crippen MR) is 54.5 cm³/mol. The van der Waals surface area contributed by atoms with Gasteiger partial charge in [0.15, 0.2) is 0 Å². The lowest BCUT2D eigenvalue weighted by atomic mass is 10.1. The normalized spacial score (nSPS) is 13.1. The molecule has 1 atom stereocenters. The number of rotatable bonds is 5. The summed E-state index contributed by atoms with van der Waals surface area (Å²) in [6.07, 6.45) is 1.82. The number of hydrogen-bond donors (Lipinski definition) is 2. The highest BCUT2D eigenvalue weighted by molar-refractivity contribution is 5.20. The summed E-state index contributed by atoms with van der Waals surface area (Å²) in [7, 11) is 1.91. The monoisotopic (exact) mass is 198 g/mol. The number of hydrazine groups is 1. The molecule has 14 heavy (non-hydrogen) atoms. The Bertz CT molecular complexity index is 284. The summed E-state index contributed by atoms with van der Waals surface area (Å²) in [5.41, 5.74) is 4.92. The average molecular weight is 198 g/mol. The van der Waals surface area contributed by atoms with Crippen LogP contribution in [0.5, 0.6) is 0 Å². The van der Waals surface area contributed by atoms with Gasteiger partial charge in [-0.25, -0.2) is 0 Å². The molecule has 0 amide bonds. The second kappa shape index (κ2) is 5.09. The van der Waals surface area contributed by atoms with E-state index in [-0.39, 0.29) is 6.04 Å². The Morgan fingerprint density at radius 3 is 2.86 bits per heavy atom. The van der Waals surface area contributed by atoms with E-state index in [9.17, 15) is 0 Å². The molecule has 0 saturated carbocycles. The van der Waals surface area contributed by atoms with E-state index in [2.05, 4.69) is 10.5 Å². The first-order chi connectivity index (χ1) is 6.70. The lowest BCUT2D eigenvalue weighted by molar-refractivity contribution is 0.123. The maximum atomic E-state index is 5.46. The maximum absolute atomic E-state index is 5.46. The van der Waals surface area contributed by atoms with Crippen molar-refractivity contribution in [2.24, 2.45) is 12.9 Å². The number of ether oxygens (including phenoxy) is 1. The third kappa shape index (κ3) is 2.31. The molecule has 0 aliphatic carbocycles. The van der Waals surface area contributed by atoms with Gasteiger partial charge < -0.3 is 4.74 Å². The zero-order chi connectivity index (χ0) is 10.6. The zero-order valence-corrected chi connectivity index (χ0v) is 8.95. The first-order valence-electron chi connectivity index (χ1n) is 4.73. The Kier molecular flexibility index (Phi) is 4.06. The van der Waals surface area contributed by atoms with E-state index in [0.29, 0.717) is 13.2 Å². The summed E-state index contributed by atoms with van der Waals surface area (Å²) in [4.78, 5) is 0. The van der Waals surface area contributed by atoms with Crippen LogP contribution >= 0.6 is 0 Å². The molecular weight excluding hydrogens is 180 g/mol. The second-order valence-corrected chi connectivity index (χ2v) is 3.19. The van der Waals surface area contributed by atoms with Crippen LogP contribution in [0, 0.1) is 6.92 Å². The first-order valence-corrected chi connectivity index (χ1v) is 4.73. The van der Waals surface area contributed by atoms with Crippen molar-refractivity contribution < 1.29 is 4.74 Å². The minimum Gasteiger partial charge on any atom is -0.380 e. The van der Waals surface area contributed by atoms with Crippen molar-refractivity contribution in [3.8, 4) is 0 Å². The van der Waals surface area contributed by atoms with Crippen molar-refractivity contribution in [1.82, 2.24) is 15.2 Å². The molecule has 1 rings (SSSR count). The van der Waals surface area contributed by atoms with E-state index in [1.807, 2.05) is 31.8 Å². The standard InChI is InChI=1S/C9H18N4O/c1-4-14-6-9(12-10)8-5-11-13(3)7(8)2/h5,9,12H,4,6,10H2,1-3H3. The molecule has 5 nitrogen and oxygen atoms in total. The molecule has 3 N–H and O–H groups in total. The maximum Gasteiger partial charge on any atom is 0.0727 e. The van der Waals surface area contributed by atoms with Crippen LogP contribution < -0.4 is 11.3 Å². The van der Waals surface area contributed by atoms with Crippen LogP contribution in [0.25, 0.3) is 0 Å². The Labute approximate surface area is 84.2 Å². The largest absolute Gasteiger partial charge is 0.380 e. The molecule has 5 heteroatoms. The van der Waals surface area contributed by atoms with Crippen LogP contribution in [0.3, 0.4) is 0 Å². The van der Waals surface area contributed by atoms with Gasteiger partial charge in [0.05, 0.1) is 18.8 Å². The Balaban J connectivity index is 2.73. The van der Waals surface area contributed by atoms with Gasteiger partial charge in [-0.15, -0.1) is 0 Å². The summed E-state index contributed by atoms with van der Waals surface area (Å²) in [6, 6.07) is 0.0173. The second-order valence-electron chi connectivity index (χ2n) is 3.19. The third-order valence-electron chi connectivity index (χ3n) is 2.34. The number of nitrogens with two attached hydrogens (primary N) is 1. The summed E-state index contributed by atoms with van der Waals surface area (Å²) in [5, 5.41) is 4.16. The molecule has 0 saturated heterocycles. The van der Waals surface area contributed by atoms with Crippen LogP contribution in [-0.2, 0) is 11.8 Å². The van der Waals surface area contributed by atoms with E-state index in [1.165, 1.54) is 0 Å². The summed E-state index contributed by atoms with van der Waals surface area (Å²) in [5.74, 6) is 5.46. The Morgan fingerprint density at radius 2 is 2.43 bits per heavy atom. The molecule has 0 fully saturated rings. The summed E-state index contributed by atoms with van der Waals surface area (Å²) in [6.45, 7) is 5.24. The minimum atomic E-state index is 0.0173. The lowest BCUT2D eigenvalue weighted by Gasteiger charge is -2.15. The van der Waals surface area contributed by atoms with Crippen molar-refractivity contribution in [2.75, 3.05) is 13.2 Å². The quantitative estimate of drug-likeness (QED) is 0.526. The van der Waals surface area contributed by atoms with Crippen LogP contribution in [0.2, 0.25) is 0 Å². The molecule has 1 heterocycles. The molecule has 0 spiro atoms. The smallest absolute Gasteiger partial charge is 0.0727 e. The molecule has 0 aliphatic rings. The number of nitrogens with zero attached hydrogens (tertiary/aromatic N) is 2. The van der Waals surface area contributed by atoms with Crippen molar-refractivity contribution in [2.45, 2.75) is 19.9 Å². The molecular formula is C9H18N4O. The van der Waals surface area contributed by atoms with Crippen LogP contribution in [-0.4, -0.2) is 23.0 Å². The highest BCUT2D eigenvalue weighted by atomic mass is 16.5. The predicted octanol–water partition coefficient (Wildman–Crippen LogP) is 0.269. The summed E-state index contributed by atoms with van der Waals surface area (Å²) >= 11 is 0. The van der Waals surface area contributed by atoms with Gasteiger partial charge in [0, 0.05) is 24.9 Å². The number of aryl methyl sites for hydroxylation is 1. The van der Waals surface area contributed by atoms with Crippen molar-refractivity contribution in [3.05, 3.63) is 17.5 Å². The Hall–Kier alpha value is -0.910. The van der Waals surface area contributed by atoms with Crippen LogP contribution in [0.4, 0.5) is 0 Å². The van der Waals surface area contributed by atoms with Gasteiger partial charge >= 0.3 is 0 Å². The fourth-order valence-corrected chi connectivity index (χ4v) is 1.32. The van der Waals surface area contributed by atoms with E-state index in [1.54, 1.807) is 0 Å². The third-order valence-corrected chi connectivity index (χ3v) is 2.34. The minimum absolute atomic E-state index is 0.0173. The van der Waals surface area contributed by atoms with E-state index in [0.717, 1.165) is 11.3 Å². The van der Waals surface area contributed by atoms with Crippen molar-refractivity contribution >= 4 is 0 Å². The molecule has 1 unspecified atom stereocenters. The van der Waals surface area contributed by atoms with Gasteiger partial charge in [-0.05, 0) is 13.8 Å². The first kappa shape index (κ1) is 11.2. The van der Waals surface area contributed by atoms with Crippen molar-refractivity contribution in [1.29, 1.82) is 0 Å². The van der Waals surface area contributed by atoms with Gasteiger partial charge in [0.25, 0.3) is 0 Å². The molecule has 0 aliphatic heterocycles. The molecule has 0 radical (unpaired) electrons. The number of aromatic nitrogens is 2. The fourth-order valence-electron chi connectivity index (χ4n) is 1.32. The Morgan fingerprint density at radius 1 is 1.71 bits per heavy atom. The summed E-state index contributed by atoms with van der Waals surface area (Å²) < 4.78 is 7.15. The van der Waals surface area contributed by atoms with Crippen molar-refractivity contribution in [3.63, 3.8) is 0 Å². The molecule has 0 bridgehead atoms. The van der Waals surface area contributed by atoms with Gasteiger partial charge in [0.2, 0.25) is 0 Å². The van der Waals surface area contributed by atoms with Gasteiger partial charge in [-0.3, -0.25) is 16.0 Å². The zero-order valence-electron chi connectivity index (χ0n) is 8.95. The van der Waals surface area contributed by atoms with Crippen LogP contribution in [0.1, 0.15) is 24.2 Å².